The van der Waals surface area contributed by atoms with E-state index in [2.05, 4.69) is 13.8 Å². The first-order chi connectivity index (χ1) is 13.0. The Morgan fingerprint density at radius 2 is 1.52 bits per heavy atom. The van der Waals surface area contributed by atoms with Crippen molar-refractivity contribution in [2.24, 2.45) is 5.92 Å². The predicted molar refractivity (Wildman–Crippen MR) is 106 cm³/mol. The molecule has 27 heavy (non-hydrogen) atoms. The van der Waals surface area contributed by atoms with E-state index in [0.29, 0.717) is 6.42 Å². The zero-order chi connectivity index (χ0) is 20.1. The van der Waals surface area contributed by atoms with Crippen LogP contribution in [-0.4, -0.2) is 34.7 Å². The van der Waals surface area contributed by atoms with Gasteiger partial charge in [0.25, 0.3) is 0 Å². The van der Waals surface area contributed by atoms with E-state index in [1.54, 1.807) is 0 Å². The molecule has 0 aromatic heterocycles. The lowest BCUT2D eigenvalue weighted by Crippen LogP contribution is -2.15. The normalized spacial score (nSPS) is 18.0. The Kier molecular flexibility index (Phi) is 12.1. The molecule has 0 aromatic rings. The second-order valence-electron chi connectivity index (χ2n) is 7.85. The highest BCUT2D eigenvalue weighted by Crippen LogP contribution is 2.23. The van der Waals surface area contributed by atoms with Gasteiger partial charge < -0.3 is 14.9 Å². The van der Waals surface area contributed by atoms with Crippen molar-refractivity contribution in [2.75, 3.05) is 6.61 Å². The molecule has 0 aliphatic carbocycles. The molecule has 0 radical (unpaired) electrons. The van der Waals surface area contributed by atoms with Gasteiger partial charge in [-0.05, 0) is 12.3 Å². The standard InChI is InChI=1S/C22H38O5/c1-3-17(2)14-12-10-8-6-4-5-7-9-11-13-15-18(24)20-21(25)19(16-23)27-22(20)26/h17,19,23,25H,3-16H2,1-2H3/t17-,19+/m0/s1. The summed E-state index contributed by atoms with van der Waals surface area (Å²) in [6.07, 6.45) is 13.7. The van der Waals surface area contributed by atoms with E-state index < -0.39 is 24.4 Å². The first-order valence-electron chi connectivity index (χ1n) is 10.8. The molecule has 1 aliphatic heterocycles. The number of aliphatic hydroxyl groups excluding tert-OH is 2. The number of cyclic esters (lactones) is 1. The highest BCUT2D eigenvalue weighted by molar-refractivity contribution is 6.19. The minimum atomic E-state index is -1.08. The number of ether oxygens (including phenoxy) is 1. The summed E-state index contributed by atoms with van der Waals surface area (Å²) in [4.78, 5) is 23.6. The topological polar surface area (TPSA) is 83.8 Å². The maximum atomic E-state index is 12.0. The molecular weight excluding hydrogens is 344 g/mol. The van der Waals surface area contributed by atoms with Crippen molar-refractivity contribution in [2.45, 2.75) is 103 Å². The van der Waals surface area contributed by atoms with E-state index in [0.717, 1.165) is 18.8 Å². The monoisotopic (exact) mass is 382 g/mol. The summed E-state index contributed by atoms with van der Waals surface area (Å²) in [5, 5.41) is 18.7. The van der Waals surface area contributed by atoms with Crippen molar-refractivity contribution in [3.63, 3.8) is 0 Å². The number of rotatable bonds is 16. The Balaban J connectivity index is 1.98. The van der Waals surface area contributed by atoms with Crippen LogP contribution in [0.4, 0.5) is 0 Å². The lowest BCUT2D eigenvalue weighted by Gasteiger charge is -2.07. The van der Waals surface area contributed by atoms with Crippen molar-refractivity contribution in [1.29, 1.82) is 0 Å². The fourth-order valence-electron chi connectivity index (χ4n) is 3.41. The zero-order valence-electron chi connectivity index (χ0n) is 17.2. The summed E-state index contributed by atoms with van der Waals surface area (Å²) in [7, 11) is 0. The van der Waals surface area contributed by atoms with Crippen LogP contribution in [0.15, 0.2) is 11.3 Å². The molecule has 2 atom stereocenters. The minimum Gasteiger partial charge on any atom is -0.507 e. The third kappa shape index (κ3) is 8.91. The average molecular weight is 383 g/mol. The number of Topliss-reactive ketones (excluding diaryl/α,β-unsaturated/α-hetero) is 1. The fourth-order valence-corrected chi connectivity index (χ4v) is 3.41. The predicted octanol–water partition coefficient (Wildman–Crippen LogP) is 5.01. The van der Waals surface area contributed by atoms with E-state index in [-0.39, 0.29) is 17.8 Å². The number of carbonyl (C=O) groups is 2. The van der Waals surface area contributed by atoms with Gasteiger partial charge in [-0.25, -0.2) is 4.79 Å². The summed E-state index contributed by atoms with van der Waals surface area (Å²) < 4.78 is 4.75. The van der Waals surface area contributed by atoms with Crippen molar-refractivity contribution >= 4 is 11.8 Å². The van der Waals surface area contributed by atoms with Gasteiger partial charge in [-0.3, -0.25) is 4.79 Å². The van der Waals surface area contributed by atoms with Gasteiger partial charge in [-0.2, -0.15) is 0 Å². The molecule has 1 heterocycles. The number of aliphatic hydroxyl groups is 2. The molecule has 0 aromatic carbocycles. The van der Waals surface area contributed by atoms with Gasteiger partial charge >= 0.3 is 5.97 Å². The fraction of sp³-hybridized carbons (Fsp3) is 0.818. The van der Waals surface area contributed by atoms with Crippen LogP contribution >= 0.6 is 0 Å². The zero-order valence-corrected chi connectivity index (χ0v) is 17.2. The molecule has 0 saturated heterocycles. The Bertz CT molecular complexity index is 483. The lowest BCUT2D eigenvalue weighted by molar-refractivity contribution is -0.142. The molecule has 5 nitrogen and oxygen atoms in total. The molecule has 0 spiro atoms. The quantitative estimate of drug-likeness (QED) is 0.223. The number of hydrogen-bond donors (Lipinski definition) is 2. The first-order valence-corrected chi connectivity index (χ1v) is 10.8. The molecule has 0 saturated carbocycles. The molecule has 1 rings (SSSR count). The van der Waals surface area contributed by atoms with E-state index in [9.17, 15) is 14.7 Å². The van der Waals surface area contributed by atoms with Crippen LogP contribution in [0.2, 0.25) is 0 Å². The van der Waals surface area contributed by atoms with E-state index in [1.165, 1.54) is 57.8 Å². The van der Waals surface area contributed by atoms with Crippen molar-refractivity contribution < 1.29 is 24.5 Å². The SMILES string of the molecule is CC[C@H](C)CCCCCCCCCCCCC(=O)C1=C(O)[C@@H](CO)OC1=O. The van der Waals surface area contributed by atoms with Gasteiger partial charge in [0.2, 0.25) is 0 Å². The largest absolute Gasteiger partial charge is 0.507 e. The molecule has 1 aliphatic rings. The number of esters is 1. The summed E-state index contributed by atoms with van der Waals surface area (Å²) in [5.41, 5.74) is -0.276. The summed E-state index contributed by atoms with van der Waals surface area (Å²) in [6, 6.07) is 0. The summed E-state index contributed by atoms with van der Waals surface area (Å²) in [5.74, 6) is -0.754. The number of hydrogen-bond acceptors (Lipinski definition) is 5. The van der Waals surface area contributed by atoms with Crippen LogP contribution < -0.4 is 0 Å². The van der Waals surface area contributed by atoms with Crippen molar-refractivity contribution in [3.8, 4) is 0 Å². The number of ketones is 1. The molecule has 0 bridgehead atoms. The van der Waals surface area contributed by atoms with Crippen molar-refractivity contribution in [3.05, 3.63) is 11.3 Å². The average Bonchev–Trinajstić information content (AvgIpc) is 2.95. The second kappa shape index (κ2) is 13.8. The number of unbranched alkanes of at least 4 members (excludes halogenated alkanes) is 9. The second-order valence-corrected chi connectivity index (χ2v) is 7.85. The molecule has 0 fully saturated rings. The van der Waals surface area contributed by atoms with E-state index in [1.807, 2.05) is 0 Å². The maximum Gasteiger partial charge on any atom is 0.346 e. The smallest absolute Gasteiger partial charge is 0.346 e. The molecule has 0 unspecified atom stereocenters. The lowest BCUT2D eigenvalue weighted by atomic mass is 9.99. The van der Waals surface area contributed by atoms with Crippen molar-refractivity contribution in [1.82, 2.24) is 0 Å². The van der Waals surface area contributed by atoms with Crippen LogP contribution in [0.3, 0.4) is 0 Å². The van der Waals surface area contributed by atoms with Gasteiger partial charge in [-0.15, -0.1) is 0 Å². The molecular formula is C22H38O5. The highest BCUT2D eigenvalue weighted by atomic mass is 16.6. The molecule has 2 N–H and O–H groups in total. The maximum absolute atomic E-state index is 12.0. The highest BCUT2D eigenvalue weighted by Gasteiger charge is 2.37. The Morgan fingerprint density at radius 1 is 1.00 bits per heavy atom. The van der Waals surface area contributed by atoms with Gasteiger partial charge in [-0.1, -0.05) is 84.5 Å². The van der Waals surface area contributed by atoms with Crippen LogP contribution in [0.5, 0.6) is 0 Å². The third-order valence-corrected chi connectivity index (χ3v) is 5.51. The Morgan fingerprint density at radius 3 is 2.00 bits per heavy atom. The summed E-state index contributed by atoms with van der Waals surface area (Å²) in [6.45, 7) is 4.08. The van der Waals surface area contributed by atoms with Gasteiger partial charge in [0.05, 0.1) is 6.61 Å². The Labute approximate surface area is 164 Å². The summed E-state index contributed by atoms with van der Waals surface area (Å²) >= 11 is 0. The van der Waals surface area contributed by atoms with E-state index >= 15 is 0 Å². The van der Waals surface area contributed by atoms with Crippen LogP contribution in [0, 0.1) is 5.92 Å². The number of carbonyl (C=O) groups excluding carboxylic acids is 2. The van der Waals surface area contributed by atoms with Gasteiger partial charge in [0.1, 0.15) is 5.57 Å². The van der Waals surface area contributed by atoms with Crippen LogP contribution in [0.1, 0.15) is 97.3 Å². The molecule has 156 valence electrons. The van der Waals surface area contributed by atoms with E-state index in [4.69, 9.17) is 9.84 Å². The molecule has 0 amide bonds. The van der Waals surface area contributed by atoms with Crippen LogP contribution in [0.25, 0.3) is 0 Å². The first kappa shape index (κ1) is 23.7. The van der Waals surface area contributed by atoms with Gasteiger partial charge in [0.15, 0.2) is 17.6 Å². The van der Waals surface area contributed by atoms with Gasteiger partial charge in [0, 0.05) is 6.42 Å². The minimum absolute atomic E-state index is 0.239. The third-order valence-electron chi connectivity index (χ3n) is 5.51. The molecule has 5 heteroatoms. The Hall–Kier alpha value is -1.36. The van der Waals surface area contributed by atoms with Crippen LogP contribution in [-0.2, 0) is 14.3 Å².